The molecule has 0 aromatic heterocycles. The van der Waals surface area contributed by atoms with Crippen LogP contribution in [0, 0.1) is 5.92 Å². The van der Waals surface area contributed by atoms with Crippen molar-refractivity contribution in [1.29, 1.82) is 0 Å². The van der Waals surface area contributed by atoms with Crippen molar-refractivity contribution >= 4 is 17.5 Å². The summed E-state index contributed by atoms with van der Waals surface area (Å²) in [6.07, 6.45) is -0.885. The summed E-state index contributed by atoms with van der Waals surface area (Å²) in [5.74, 6) is -0.498. The highest BCUT2D eigenvalue weighted by atomic mass is 35.5. The van der Waals surface area contributed by atoms with Gasteiger partial charge in [0.1, 0.15) is 0 Å². The molecule has 1 aliphatic rings. The summed E-state index contributed by atoms with van der Waals surface area (Å²) in [6.45, 7) is 0.784. The Morgan fingerprint density at radius 2 is 2.29 bits per heavy atom. The maximum absolute atomic E-state index is 12.4. The van der Waals surface area contributed by atoms with Crippen molar-refractivity contribution in [2.45, 2.75) is 25.7 Å². The Hall–Kier alpha value is -0.380. The Bertz CT molecular complexity index is 201. The Labute approximate surface area is 87.2 Å². The topological polar surface area (TPSA) is 20.3 Å². The lowest BCUT2D eigenvalue weighted by atomic mass is 9.98. The van der Waals surface area contributed by atoms with Gasteiger partial charge in [0, 0.05) is 31.3 Å². The molecule has 0 bridgehead atoms. The molecule has 0 aliphatic carbocycles. The quantitative estimate of drug-likeness (QED) is 0.674. The number of carbonyl (C=O) groups is 1. The van der Waals surface area contributed by atoms with E-state index in [2.05, 4.69) is 0 Å². The molecule has 5 heteroatoms. The van der Waals surface area contributed by atoms with Crippen molar-refractivity contribution in [2.24, 2.45) is 5.92 Å². The first-order chi connectivity index (χ1) is 6.65. The fourth-order valence-corrected chi connectivity index (χ4v) is 1.84. The molecule has 0 spiro atoms. The van der Waals surface area contributed by atoms with Crippen molar-refractivity contribution in [3.8, 4) is 0 Å². The van der Waals surface area contributed by atoms with Gasteiger partial charge < -0.3 is 4.90 Å². The van der Waals surface area contributed by atoms with E-state index >= 15 is 0 Å². The molecule has 82 valence electrons. The van der Waals surface area contributed by atoms with Crippen molar-refractivity contribution < 1.29 is 13.6 Å². The second-order valence-corrected chi connectivity index (χ2v) is 3.89. The number of hydrogen-bond donors (Lipinski definition) is 0. The van der Waals surface area contributed by atoms with Gasteiger partial charge in [0.15, 0.2) is 0 Å². The van der Waals surface area contributed by atoms with Gasteiger partial charge >= 0.3 is 0 Å². The molecular weight excluding hydrogens is 212 g/mol. The van der Waals surface area contributed by atoms with E-state index in [9.17, 15) is 13.6 Å². The lowest BCUT2D eigenvalue weighted by Crippen LogP contribution is -2.42. The van der Waals surface area contributed by atoms with E-state index in [0.717, 1.165) is 0 Å². The third kappa shape index (κ3) is 3.08. The van der Waals surface area contributed by atoms with E-state index in [-0.39, 0.29) is 24.8 Å². The fraction of sp³-hybridized carbons (Fsp3) is 0.889. The minimum atomic E-state index is -2.32. The number of amides is 1. The number of alkyl halides is 3. The third-order valence-corrected chi connectivity index (χ3v) is 2.66. The number of hydrogen-bond acceptors (Lipinski definition) is 1. The molecule has 1 aliphatic heterocycles. The Morgan fingerprint density at radius 3 is 2.86 bits per heavy atom. The zero-order valence-corrected chi connectivity index (χ0v) is 8.64. The van der Waals surface area contributed by atoms with E-state index in [1.54, 1.807) is 0 Å². The summed E-state index contributed by atoms with van der Waals surface area (Å²) < 4.78 is 24.8. The lowest BCUT2D eigenvalue weighted by molar-refractivity contribution is -0.133. The molecule has 0 unspecified atom stereocenters. The molecule has 0 N–H and O–H groups in total. The lowest BCUT2D eigenvalue weighted by Gasteiger charge is -2.32. The average molecular weight is 226 g/mol. The minimum Gasteiger partial charge on any atom is -0.342 e. The van der Waals surface area contributed by atoms with Gasteiger partial charge in [-0.2, -0.15) is 0 Å². The molecule has 1 saturated heterocycles. The summed E-state index contributed by atoms with van der Waals surface area (Å²) in [6, 6.07) is 0. The standard InChI is InChI=1S/C9H14ClF2NO/c10-4-3-8(14)13-5-1-2-7(6-13)9(11)12/h7,9H,1-6H2/t7-/m0/s1. The zero-order valence-electron chi connectivity index (χ0n) is 7.89. The van der Waals surface area contributed by atoms with Crippen LogP contribution in [0.1, 0.15) is 19.3 Å². The first-order valence-electron chi connectivity index (χ1n) is 4.77. The first kappa shape index (κ1) is 11.7. The second kappa shape index (κ2) is 5.49. The number of carbonyl (C=O) groups excluding carboxylic acids is 1. The van der Waals surface area contributed by atoms with Crippen molar-refractivity contribution in [1.82, 2.24) is 4.90 Å². The number of rotatable bonds is 3. The highest BCUT2D eigenvalue weighted by Gasteiger charge is 2.28. The Kier molecular flexibility index (Phi) is 4.58. The van der Waals surface area contributed by atoms with Crippen LogP contribution in [0.25, 0.3) is 0 Å². The van der Waals surface area contributed by atoms with E-state index in [0.29, 0.717) is 19.4 Å². The van der Waals surface area contributed by atoms with Crippen molar-refractivity contribution in [2.75, 3.05) is 19.0 Å². The molecule has 14 heavy (non-hydrogen) atoms. The van der Waals surface area contributed by atoms with Crippen LogP contribution < -0.4 is 0 Å². The van der Waals surface area contributed by atoms with Gasteiger partial charge in [-0.05, 0) is 12.8 Å². The van der Waals surface area contributed by atoms with Crippen LogP contribution >= 0.6 is 11.6 Å². The maximum atomic E-state index is 12.4. The summed E-state index contributed by atoms with van der Waals surface area (Å²) in [7, 11) is 0. The summed E-state index contributed by atoms with van der Waals surface area (Å²) in [5, 5.41) is 0. The Morgan fingerprint density at radius 1 is 1.57 bits per heavy atom. The predicted molar refractivity (Wildman–Crippen MR) is 50.6 cm³/mol. The van der Waals surface area contributed by atoms with E-state index in [1.165, 1.54) is 4.90 Å². The minimum absolute atomic E-state index is 0.106. The molecule has 2 nitrogen and oxygen atoms in total. The van der Waals surface area contributed by atoms with Gasteiger partial charge in [-0.1, -0.05) is 0 Å². The van der Waals surface area contributed by atoms with Crippen molar-refractivity contribution in [3.05, 3.63) is 0 Å². The number of nitrogens with zero attached hydrogens (tertiary/aromatic N) is 1. The van der Waals surface area contributed by atoms with Crippen LogP contribution in [0.15, 0.2) is 0 Å². The second-order valence-electron chi connectivity index (χ2n) is 3.52. The van der Waals surface area contributed by atoms with Crippen LogP contribution in [0.5, 0.6) is 0 Å². The highest BCUT2D eigenvalue weighted by Crippen LogP contribution is 2.22. The van der Waals surface area contributed by atoms with Gasteiger partial charge in [-0.3, -0.25) is 4.79 Å². The zero-order chi connectivity index (χ0) is 10.6. The molecule has 0 aromatic rings. The normalized spacial score (nSPS) is 22.9. The number of likely N-dealkylation sites (tertiary alicyclic amines) is 1. The van der Waals surface area contributed by atoms with E-state index in [4.69, 9.17) is 11.6 Å². The summed E-state index contributed by atoms with van der Waals surface area (Å²) in [5.41, 5.74) is 0. The van der Waals surface area contributed by atoms with Gasteiger partial charge in [0.05, 0.1) is 0 Å². The molecule has 1 rings (SSSR count). The molecule has 0 saturated carbocycles. The SMILES string of the molecule is O=C(CCCl)N1CCC[C@H](C(F)F)C1. The van der Waals surface area contributed by atoms with Crippen LogP contribution in [0.4, 0.5) is 8.78 Å². The van der Waals surface area contributed by atoms with Crippen LogP contribution in [-0.2, 0) is 4.79 Å². The molecule has 1 fully saturated rings. The molecule has 1 heterocycles. The smallest absolute Gasteiger partial charge is 0.243 e. The monoisotopic (exact) mass is 225 g/mol. The van der Waals surface area contributed by atoms with Gasteiger partial charge in [0.25, 0.3) is 0 Å². The fourth-order valence-electron chi connectivity index (χ4n) is 1.68. The predicted octanol–water partition coefficient (Wildman–Crippen LogP) is 2.12. The summed E-state index contributed by atoms with van der Waals surface area (Å²) in [4.78, 5) is 12.9. The van der Waals surface area contributed by atoms with Crippen LogP contribution in [-0.4, -0.2) is 36.2 Å². The van der Waals surface area contributed by atoms with Crippen molar-refractivity contribution in [3.63, 3.8) is 0 Å². The number of piperidine rings is 1. The molecule has 0 radical (unpaired) electrons. The Balaban J connectivity index is 2.43. The van der Waals surface area contributed by atoms with Gasteiger partial charge in [-0.25, -0.2) is 8.78 Å². The molecular formula is C9H14ClF2NO. The first-order valence-corrected chi connectivity index (χ1v) is 5.30. The van der Waals surface area contributed by atoms with Gasteiger partial charge in [0.2, 0.25) is 12.3 Å². The highest BCUT2D eigenvalue weighted by molar-refractivity contribution is 6.18. The average Bonchev–Trinajstić information content (AvgIpc) is 2.18. The molecule has 0 aromatic carbocycles. The van der Waals surface area contributed by atoms with E-state index < -0.39 is 12.3 Å². The molecule has 1 atom stereocenters. The largest absolute Gasteiger partial charge is 0.342 e. The van der Waals surface area contributed by atoms with Crippen LogP contribution in [0.2, 0.25) is 0 Å². The number of halogens is 3. The maximum Gasteiger partial charge on any atom is 0.243 e. The van der Waals surface area contributed by atoms with Crippen LogP contribution in [0.3, 0.4) is 0 Å². The molecule has 1 amide bonds. The summed E-state index contributed by atoms with van der Waals surface area (Å²) >= 11 is 5.42. The van der Waals surface area contributed by atoms with E-state index in [1.807, 2.05) is 0 Å². The van der Waals surface area contributed by atoms with Gasteiger partial charge in [-0.15, -0.1) is 11.6 Å². The third-order valence-electron chi connectivity index (χ3n) is 2.48.